The van der Waals surface area contributed by atoms with E-state index in [9.17, 15) is 8.42 Å². The number of nitrogens with one attached hydrogen (secondary N) is 1. The van der Waals surface area contributed by atoms with Gasteiger partial charge in [0.1, 0.15) is 5.75 Å². The van der Waals surface area contributed by atoms with Crippen molar-refractivity contribution >= 4 is 15.7 Å². The van der Waals surface area contributed by atoms with E-state index in [2.05, 4.69) is 4.72 Å². The van der Waals surface area contributed by atoms with E-state index < -0.39 is 10.0 Å². The Hall–Kier alpha value is -2.79. The molecule has 3 aromatic carbocycles. The van der Waals surface area contributed by atoms with Crippen LogP contribution in [0.3, 0.4) is 0 Å². The third-order valence-corrected chi connectivity index (χ3v) is 5.86. The summed E-state index contributed by atoms with van der Waals surface area (Å²) in [6.07, 6.45) is 0. The highest BCUT2D eigenvalue weighted by Gasteiger charge is 2.22. The second-order valence-electron chi connectivity index (χ2n) is 6.11. The molecular weight excluding hydrogens is 346 g/mol. The Bertz CT molecular complexity index is 1010. The van der Waals surface area contributed by atoms with E-state index in [1.807, 2.05) is 48.5 Å². The number of sulfonamides is 1. The van der Waals surface area contributed by atoms with Crippen molar-refractivity contribution in [3.05, 3.63) is 77.9 Å². The van der Waals surface area contributed by atoms with Crippen LogP contribution in [0.15, 0.2) is 71.6 Å². The molecule has 0 saturated heterocycles. The van der Waals surface area contributed by atoms with Crippen LogP contribution in [0.5, 0.6) is 5.75 Å². The van der Waals surface area contributed by atoms with E-state index in [-0.39, 0.29) is 4.90 Å². The molecule has 0 saturated carbocycles. The molecular formula is C21H21NO3S. The van der Waals surface area contributed by atoms with Crippen LogP contribution < -0.4 is 9.46 Å². The molecule has 0 unspecified atom stereocenters. The summed E-state index contributed by atoms with van der Waals surface area (Å²) in [7, 11) is -2.17. The molecule has 26 heavy (non-hydrogen) atoms. The molecule has 3 rings (SSSR count). The Morgan fingerprint density at radius 2 is 1.42 bits per heavy atom. The third-order valence-electron chi connectivity index (χ3n) is 4.19. The molecule has 0 aliphatic heterocycles. The highest BCUT2D eigenvalue weighted by molar-refractivity contribution is 7.92. The topological polar surface area (TPSA) is 55.4 Å². The monoisotopic (exact) mass is 367 g/mol. The molecule has 0 amide bonds. The maximum Gasteiger partial charge on any atom is 0.262 e. The number of methoxy groups -OCH3 is 1. The lowest BCUT2D eigenvalue weighted by atomic mass is 10.0. The van der Waals surface area contributed by atoms with E-state index in [1.165, 1.54) is 0 Å². The first-order chi connectivity index (χ1) is 12.4. The van der Waals surface area contributed by atoms with Crippen molar-refractivity contribution in [2.24, 2.45) is 0 Å². The van der Waals surface area contributed by atoms with Crippen LogP contribution in [0.25, 0.3) is 11.1 Å². The highest BCUT2D eigenvalue weighted by Crippen LogP contribution is 2.32. The summed E-state index contributed by atoms with van der Waals surface area (Å²) in [5.74, 6) is 0.642. The fraction of sp³-hybridized carbons (Fsp3) is 0.143. The summed E-state index contributed by atoms with van der Waals surface area (Å²) in [4.78, 5) is 0.279. The van der Waals surface area contributed by atoms with Crippen LogP contribution in [-0.4, -0.2) is 15.5 Å². The van der Waals surface area contributed by atoms with Crippen molar-refractivity contribution in [3.63, 3.8) is 0 Å². The van der Waals surface area contributed by atoms with Crippen molar-refractivity contribution < 1.29 is 13.2 Å². The van der Waals surface area contributed by atoms with Crippen molar-refractivity contribution in [3.8, 4) is 16.9 Å². The van der Waals surface area contributed by atoms with Crippen molar-refractivity contribution in [1.29, 1.82) is 0 Å². The minimum atomic E-state index is -3.74. The minimum absolute atomic E-state index is 0.279. The number of rotatable bonds is 5. The quantitative estimate of drug-likeness (QED) is 0.706. The lowest BCUT2D eigenvalue weighted by Crippen LogP contribution is -2.16. The molecule has 0 aliphatic carbocycles. The molecule has 4 nitrogen and oxygen atoms in total. The molecule has 0 spiro atoms. The lowest BCUT2D eigenvalue weighted by molar-refractivity contribution is 0.413. The van der Waals surface area contributed by atoms with E-state index >= 15 is 0 Å². The predicted octanol–water partition coefficient (Wildman–Crippen LogP) is 4.78. The summed E-state index contributed by atoms with van der Waals surface area (Å²) in [6.45, 7) is 3.54. The summed E-state index contributed by atoms with van der Waals surface area (Å²) in [5, 5.41) is 0. The van der Waals surface area contributed by atoms with Gasteiger partial charge in [-0.05, 0) is 48.7 Å². The number of benzene rings is 3. The third kappa shape index (κ3) is 3.58. The standard InChI is InChI=1S/C21H21NO3S/c1-15-13-18(25-3)14-16(2)21(15)26(23,24)22-20-12-8-7-11-19(20)17-9-5-4-6-10-17/h4-14,22H,1-3H3. The smallest absolute Gasteiger partial charge is 0.262 e. The van der Waals surface area contributed by atoms with Gasteiger partial charge in [-0.1, -0.05) is 48.5 Å². The fourth-order valence-electron chi connectivity index (χ4n) is 3.09. The van der Waals surface area contributed by atoms with Crippen LogP contribution in [-0.2, 0) is 10.0 Å². The van der Waals surface area contributed by atoms with Gasteiger partial charge in [-0.15, -0.1) is 0 Å². The second-order valence-corrected chi connectivity index (χ2v) is 7.73. The number of anilines is 1. The van der Waals surface area contributed by atoms with Crippen LogP contribution in [0, 0.1) is 13.8 Å². The molecule has 0 aromatic heterocycles. The van der Waals surface area contributed by atoms with Gasteiger partial charge < -0.3 is 4.74 Å². The largest absolute Gasteiger partial charge is 0.497 e. The first-order valence-corrected chi connectivity index (χ1v) is 9.73. The Kier molecular flexibility index (Phi) is 5.00. The molecule has 5 heteroatoms. The van der Waals surface area contributed by atoms with Gasteiger partial charge in [0.05, 0.1) is 17.7 Å². The van der Waals surface area contributed by atoms with E-state index in [0.29, 0.717) is 22.6 Å². The number of para-hydroxylation sites is 1. The molecule has 0 atom stereocenters. The average molecular weight is 367 g/mol. The zero-order valence-electron chi connectivity index (χ0n) is 15.0. The van der Waals surface area contributed by atoms with Gasteiger partial charge in [0.25, 0.3) is 10.0 Å². The zero-order valence-corrected chi connectivity index (χ0v) is 15.8. The lowest BCUT2D eigenvalue weighted by Gasteiger charge is -2.16. The van der Waals surface area contributed by atoms with Crippen LogP contribution >= 0.6 is 0 Å². The minimum Gasteiger partial charge on any atom is -0.497 e. The summed E-state index contributed by atoms with van der Waals surface area (Å²) < 4.78 is 34.1. The first-order valence-electron chi connectivity index (χ1n) is 8.25. The average Bonchev–Trinajstić information content (AvgIpc) is 2.61. The number of ether oxygens (including phenoxy) is 1. The van der Waals surface area contributed by atoms with Gasteiger partial charge in [0, 0.05) is 5.56 Å². The maximum absolute atomic E-state index is 13.1. The molecule has 0 heterocycles. The first kappa shape index (κ1) is 18.0. The van der Waals surface area contributed by atoms with Gasteiger partial charge in [0.2, 0.25) is 0 Å². The normalized spacial score (nSPS) is 11.2. The number of aryl methyl sites for hydroxylation is 2. The molecule has 0 radical (unpaired) electrons. The highest BCUT2D eigenvalue weighted by atomic mass is 32.2. The van der Waals surface area contributed by atoms with Gasteiger partial charge >= 0.3 is 0 Å². The van der Waals surface area contributed by atoms with Gasteiger partial charge in [-0.2, -0.15) is 0 Å². The summed E-state index contributed by atoms with van der Waals surface area (Å²) in [5.41, 5.74) is 3.63. The Morgan fingerprint density at radius 3 is 2.04 bits per heavy atom. The van der Waals surface area contributed by atoms with E-state index in [0.717, 1.165) is 11.1 Å². The Balaban J connectivity index is 2.05. The summed E-state index contributed by atoms with van der Waals surface area (Å²) in [6, 6.07) is 20.5. The predicted molar refractivity (Wildman–Crippen MR) is 105 cm³/mol. The van der Waals surface area contributed by atoms with Crippen LogP contribution in [0.4, 0.5) is 5.69 Å². The van der Waals surface area contributed by atoms with E-state index in [1.54, 1.807) is 39.2 Å². The van der Waals surface area contributed by atoms with Gasteiger partial charge in [-0.3, -0.25) is 4.72 Å². The molecule has 0 aliphatic rings. The zero-order chi connectivity index (χ0) is 18.7. The van der Waals surface area contributed by atoms with Crippen LogP contribution in [0.2, 0.25) is 0 Å². The van der Waals surface area contributed by atoms with Crippen molar-refractivity contribution in [2.75, 3.05) is 11.8 Å². The fourth-order valence-corrected chi connectivity index (χ4v) is 4.62. The number of hydrogen-bond donors (Lipinski definition) is 1. The SMILES string of the molecule is COc1cc(C)c(S(=O)(=O)Nc2ccccc2-c2ccccc2)c(C)c1. The second kappa shape index (κ2) is 7.22. The van der Waals surface area contributed by atoms with Crippen LogP contribution in [0.1, 0.15) is 11.1 Å². The Labute approximate surface area is 154 Å². The molecule has 1 N–H and O–H groups in total. The molecule has 0 bridgehead atoms. The Morgan fingerprint density at radius 1 is 0.846 bits per heavy atom. The van der Waals surface area contributed by atoms with Gasteiger partial charge in [-0.25, -0.2) is 8.42 Å². The maximum atomic E-state index is 13.1. The van der Waals surface area contributed by atoms with E-state index in [4.69, 9.17) is 4.74 Å². The van der Waals surface area contributed by atoms with Crippen molar-refractivity contribution in [1.82, 2.24) is 0 Å². The van der Waals surface area contributed by atoms with Gasteiger partial charge in [0.15, 0.2) is 0 Å². The molecule has 3 aromatic rings. The molecule has 134 valence electrons. The van der Waals surface area contributed by atoms with Crippen molar-refractivity contribution in [2.45, 2.75) is 18.7 Å². The number of hydrogen-bond acceptors (Lipinski definition) is 3. The summed E-state index contributed by atoms with van der Waals surface area (Å²) >= 11 is 0. The molecule has 0 fully saturated rings.